The summed E-state index contributed by atoms with van der Waals surface area (Å²) in [5, 5.41) is 0. The average Bonchev–Trinajstić information content (AvgIpc) is 3.08. The van der Waals surface area contributed by atoms with Crippen molar-refractivity contribution in [2.45, 2.75) is 25.8 Å². The maximum absolute atomic E-state index is 12.6. The zero-order valence-corrected chi connectivity index (χ0v) is 14.2. The molecular formula is C19H20N2O4. The van der Waals surface area contributed by atoms with Crippen LogP contribution in [0, 0.1) is 0 Å². The van der Waals surface area contributed by atoms with Crippen LogP contribution < -0.4 is 15.0 Å². The number of amides is 1. The fraction of sp³-hybridized carbons (Fsp3) is 0.368. The highest BCUT2D eigenvalue weighted by Gasteiger charge is 2.21. The molecule has 0 atom stereocenters. The number of rotatable bonds is 3. The van der Waals surface area contributed by atoms with E-state index in [1.165, 1.54) is 0 Å². The molecule has 2 aliphatic heterocycles. The first-order chi connectivity index (χ1) is 12.1. The van der Waals surface area contributed by atoms with Crippen molar-refractivity contribution in [3.8, 4) is 11.5 Å². The van der Waals surface area contributed by atoms with Crippen LogP contribution in [0.2, 0.25) is 0 Å². The Balaban J connectivity index is 1.40. The van der Waals surface area contributed by atoms with E-state index in [1.54, 1.807) is 17.7 Å². The van der Waals surface area contributed by atoms with Crippen LogP contribution in [-0.2, 0) is 31.2 Å². The molecule has 6 heteroatoms. The maximum Gasteiger partial charge on any atom is 0.250 e. The van der Waals surface area contributed by atoms with Crippen molar-refractivity contribution in [3.63, 3.8) is 0 Å². The molecule has 0 fully saturated rings. The highest BCUT2D eigenvalue weighted by atomic mass is 16.7. The fourth-order valence-electron chi connectivity index (χ4n) is 3.36. The SMILES string of the molecule is Cn1cc2c(cc1=O)CCN(C(=O)CCc1ccc3c(c1)OCO3)C2. The summed E-state index contributed by atoms with van der Waals surface area (Å²) < 4.78 is 12.2. The Morgan fingerprint density at radius 2 is 2.00 bits per heavy atom. The van der Waals surface area contributed by atoms with E-state index < -0.39 is 0 Å². The molecule has 0 saturated heterocycles. The number of hydrogen-bond donors (Lipinski definition) is 0. The maximum atomic E-state index is 12.6. The van der Waals surface area contributed by atoms with Crippen molar-refractivity contribution in [3.05, 3.63) is 57.5 Å². The number of nitrogens with zero attached hydrogens (tertiary/aromatic N) is 2. The van der Waals surface area contributed by atoms with Crippen LogP contribution in [-0.4, -0.2) is 28.7 Å². The van der Waals surface area contributed by atoms with Gasteiger partial charge in [-0.3, -0.25) is 9.59 Å². The first-order valence-electron chi connectivity index (χ1n) is 8.45. The molecule has 1 amide bonds. The smallest absolute Gasteiger partial charge is 0.250 e. The van der Waals surface area contributed by atoms with Crippen molar-refractivity contribution < 1.29 is 14.3 Å². The Bertz CT molecular complexity index is 887. The molecule has 25 heavy (non-hydrogen) atoms. The van der Waals surface area contributed by atoms with Gasteiger partial charge in [-0.15, -0.1) is 0 Å². The number of aryl methyl sites for hydroxylation is 2. The molecule has 0 N–H and O–H groups in total. The number of aromatic nitrogens is 1. The van der Waals surface area contributed by atoms with E-state index in [1.807, 2.05) is 29.3 Å². The summed E-state index contributed by atoms with van der Waals surface area (Å²) in [7, 11) is 1.74. The summed E-state index contributed by atoms with van der Waals surface area (Å²) in [5.74, 6) is 1.64. The summed E-state index contributed by atoms with van der Waals surface area (Å²) in [6.07, 6.45) is 3.71. The number of ether oxygens (including phenoxy) is 2. The van der Waals surface area contributed by atoms with E-state index in [9.17, 15) is 9.59 Å². The van der Waals surface area contributed by atoms with Crippen molar-refractivity contribution in [2.24, 2.45) is 7.05 Å². The Labute approximate surface area is 145 Å². The van der Waals surface area contributed by atoms with Gasteiger partial charge in [0.1, 0.15) is 0 Å². The Hall–Kier alpha value is -2.76. The minimum absolute atomic E-state index is 0.00124. The Morgan fingerprint density at radius 3 is 2.88 bits per heavy atom. The molecule has 0 saturated carbocycles. The molecule has 0 bridgehead atoms. The largest absolute Gasteiger partial charge is 0.454 e. The molecule has 0 radical (unpaired) electrons. The lowest BCUT2D eigenvalue weighted by atomic mass is 10.0. The number of fused-ring (bicyclic) bond motifs is 2. The lowest BCUT2D eigenvalue weighted by Crippen LogP contribution is -2.37. The van der Waals surface area contributed by atoms with Gasteiger partial charge in [-0.25, -0.2) is 0 Å². The second kappa shape index (κ2) is 6.27. The lowest BCUT2D eigenvalue weighted by Gasteiger charge is -2.29. The van der Waals surface area contributed by atoms with Crippen molar-refractivity contribution in [1.82, 2.24) is 9.47 Å². The van der Waals surface area contributed by atoms with Crippen molar-refractivity contribution in [1.29, 1.82) is 0 Å². The predicted molar refractivity (Wildman–Crippen MR) is 91.7 cm³/mol. The van der Waals surface area contributed by atoms with Gasteiger partial charge in [-0.05, 0) is 41.7 Å². The van der Waals surface area contributed by atoms with E-state index in [-0.39, 0.29) is 18.3 Å². The van der Waals surface area contributed by atoms with Crippen LogP contribution in [0.25, 0.3) is 0 Å². The summed E-state index contributed by atoms with van der Waals surface area (Å²) in [5.41, 5.74) is 3.19. The third kappa shape index (κ3) is 3.12. The monoisotopic (exact) mass is 340 g/mol. The van der Waals surface area contributed by atoms with Gasteiger partial charge >= 0.3 is 0 Å². The van der Waals surface area contributed by atoms with E-state index in [2.05, 4.69) is 0 Å². The summed E-state index contributed by atoms with van der Waals surface area (Å²) in [6, 6.07) is 7.49. The van der Waals surface area contributed by atoms with Crippen LogP contribution in [0.3, 0.4) is 0 Å². The molecule has 1 aromatic carbocycles. The zero-order valence-electron chi connectivity index (χ0n) is 14.2. The second-order valence-electron chi connectivity index (χ2n) is 6.53. The van der Waals surface area contributed by atoms with Crippen molar-refractivity contribution in [2.75, 3.05) is 13.3 Å². The van der Waals surface area contributed by atoms with Crippen LogP contribution in [0.1, 0.15) is 23.1 Å². The van der Waals surface area contributed by atoms with Gasteiger partial charge in [0.15, 0.2) is 11.5 Å². The Kier molecular flexibility index (Phi) is 3.95. The van der Waals surface area contributed by atoms with Gasteiger partial charge in [0, 0.05) is 38.8 Å². The Morgan fingerprint density at radius 1 is 1.16 bits per heavy atom. The van der Waals surface area contributed by atoms with Gasteiger partial charge in [-0.2, -0.15) is 0 Å². The molecule has 3 heterocycles. The number of carbonyl (C=O) groups excluding carboxylic acids is 1. The lowest BCUT2D eigenvalue weighted by molar-refractivity contribution is -0.132. The summed E-state index contributed by atoms with van der Waals surface area (Å²) in [6.45, 7) is 1.50. The third-order valence-electron chi connectivity index (χ3n) is 4.84. The molecule has 0 aliphatic carbocycles. The van der Waals surface area contributed by atoms with Crippen LogP contribution in [0.15, 0.2) is 35.3 Å². The van der Waals surface area contributed by atoms with E-state index in [0.29, 0.717) is 25.9 Å². The molecule has 2 aromatic rings. The molecule has 4 rings (SSSR count). The molecule has 6 nitrogen and oxygen atoms in total. The van der Waals surface area contributed by atoms with Crippen LogP contribution in [0.5, 0.6) is 11.5 Å². The van der Waals surface area contributed by atoms with E-state index >= 15 is 0 Å². The zero-order chi connectivity index (χ0) is 17.4. The number of carbonyl (C=O) groups is 1. The minimum Gasteiger partial charge on any atom is -0.454 e. The first-order valence-corrected chi connectivity index (χ1v) is 8.45. The van der Waals surface area contributed by atoms with E-state index in [0.717, 1.165) is 34.6 Å². The molecule has 0 spiro atoms. The van der Waals surface area contributed by atoms with Crippen molar-refractivity contribution >= 4 is 5.91 Å². The second-order valence-corrected chi connectivity index (χ2v) is 6.53. The standard InChI is InChI=1S/C19H20N2O4/c1-20-10-15-11-21(7-6-14(15)9-19(20)23)18(22)5-3-13-2-4-16-17(8-13)25-12-24-16/h2,4,8-10H,3,5-7,11-12H2,1H3. The average molecular weight is 340 g/mol. The molecule has 0 unspecified atom stereocenters. The van der Waals surface area contributed by atoms with Gasteiger partial charge in [-0.1, -0.05) is 6.07 Å². The summed E-state index contributed by atoms with van der Waals surface area (Å²) >= 11 is 0. The highest BCUT2D eigenvalue weighted by molar-refractivity contribution is 5.76. The number of hydrogen-bond acceptors (Lipinski definition) is 4. The van der Waals surface area contributed by atoms with Crippen LogP contribution >= 0.6 is 0 Å². The highest BCUT2D eigenvalue weighted by Crippen LogP contribution is 2.32. The molecule has 2 aliphatic rings. The third-order valence-corrected chi connectivity index (χ3v) is 4.84. The predicted octanol–water partition coefficient (Wildman–Crippen LogP) is 1.63. The molecule has 130 valence electrons. The summed E-state index contributed by atoms with van der Waals surface area (Å²) in [4.78, 5) is 26.2. The number of benzene rings is 1. The minimum atomic E-state index is 0.00124. The van der Waals surface area contributed by atoms with Gasteiger partial charge in [0.2, 0.25) is 12.7 Å². The molecular weight excluding hydrogens is 320 g/mol. The van der Waals surface area contributed by atoms with Crippen LogP contribution in [0.4, 0.5) is 0 Å². The first kappa shape index (κ1) is 15.7. The topological polar surface area (TPSA) is 60.8 Å². The quantitative estimate of drug-likeness (QED) is 0.852. The van der Waals surface area contributed by atoms with Gasteiger partial charge < -0.3 is 18.9 Å². The number of pyridine rings is 1. The molecule has 1 aromatic heterocycles. The normalized spacial score (nSPS) is 15.2. The fourth-order valence-corrected chi connectivity index (χ4v) is 3.36. The van der Waals surface area contributed by atoms with E-state index in [4.69, 9.17) is 9.47 Å². The van der Waals surface area contributed by atoms with Gasteiger partial charge in [0.05, 0.1) is 0 Å². The van der Waals surface area contributed by atoms with Gasteiger partial charge in [0.25, 0.3) is 5.56 Å².